The molecule has 1 atom stereocenters. The molecule has 3 N–H and O–H groups in total. The number of para-hydroxylation sites is 1. The molecule has 0 aliphatic carbocycles. The van der Waals surface area contributed by atoms with Gasteiger partial charge in [0.05, 0.1) is 6.04 Å². The summed E-state index contributed by atoms with van der Waals surface area (Å²) in [5.74, 6) is 1.72. The molecule has 0 saturated heterocycles. The maximum atomic E-state index is 13.0. The molecule has 2 aromatic heterocycles. The largest absolute Gasteiger partial charge is 0.361 e. The van der Waals surface area contributed by atoms with Gasteiger partial charge in [-0.1, -0.05) is 92.2 Å². The molecule has 3 aromatic carbocycles. The normalized spacial score (nSPS) is 11.9. The van der Waals surface area contributed by atoms with Crippen molar-refractivity contribution in [3.63, 3.8) is 0 Å². The third kappa shape index (κ3) is 6.97. The predicted octanol–water partition coefficient (Wildman–Crippen LogP) is 6.17. The number of aryl methyl sites for hydroxylation is 3. The number of unbranched alkanes of at least 4 members (excludes halogenated alkanes) is 1. The van der Waals surface area contributed by atoms with Crippen LogP contribution < -0.4 is 10.6 Å². The number of hydrogen-bond donors (Lipinski definition) is 3. The Balaban J connectivity index is 1.45. The Morgan fingerprint density at radius 1 is 0.875 bits per heavy atom. The molecule has 7 heteroatoms. The van der Waals surface area contributed by atoms with Crippen LogP contribution in [0.5, 0.6) is 0 Å². The fourth-order valence-electron chi connectivity index (χ4n) is 5.14. The summed E-state index contributed by atoms with van der Waals surface area (Å²) < 4.78 is 2.22. The minimum Gasteiger partial charge on any atom is -0.361 e. The molecule has 5 rings (SSSR count). The first kappa shape index (κ1) is 27.2. The van der Waals surface area contributed by atoms with E-state index in [1.807, 2.05) is 30.5 Å². The fraction of sp³-hybridized carbons (Fsp3) is 0.303. The summed E-state index contributed by atoms with van der Waals surface area (Å²) in [6, 6.07) is 28.7. The molecule has 2 amide bonds. The highest BCUT2D eigenvalue weighted by Crippen LogP contribution is 2.25. The number of carbonyl (C=O) groups excluding carboxylic acids is 1. The van der Waals surface area contributed by atoms with Crippen LogP contribution >= 0.6 is 0 Å². The van der Waals surface area contributed by atoms with E-state index in [4.69, 9.17) is 5.10 Å². The number of fused-ring (bicyclic) bond motifs is 1. The minimum atomic E-state index is -0.338. The molecule has 0 fully saturated rings. The molecular formula is C33H38N6O. The summed E-state index contributed by atoms with van der Waals surface area (Å²) in [7, 11) is 0. The Labute approximate surface area is 236 Å². The van der Waals surface area contributed by atoms with Crippen LogP contribution in [0.4, 0.5) is 4.79 Å². The average Bonchev–Trinajstić information content (AvgIpc) is 3.59. The molecule has 7 nitrogen and oxygen atoms in total. The zero-order valence-electron chi connectivity index (χ0n) is 23.1. The van der Waals surface area contributed by atoms with Crippen LogP contribution in [-0.2, 0) is 32.2 Å². The summed E-state index contributed by atoms with van der Waals surface area (Å²) in [6.07, 6.45) is 7.11. The Bertz CT molecular complexity index is 1490. The maximum absolute atomic E-state index is 13.0. The highest BCUT2D eigenvalue weighted by molar-refractivity contribution is 5.83. The van der Waals surface area contributed by atoms with Gasteiger partial charge in [-0.15, -0.1) is 10.2 Å². The van der Waals surface area contributed by atoms with Gasteiger partial charge in [-0.3, -0.25) is 0 Å². The fourth-order valence-corrected chi connectivity index (χ4v) is 5.14. The number of aromatic nitrogens is 4. The van der Waals surface area contributed by atoms with E-state index in [2.05, 4.69) is 92.9 Å². The predicted molar refractivity (Wildman–Crippen MR) is 160 cm³/mol. The number of amides is 2. The van der Waals surface area contributed by atoms with Gasteiger partial charge in [-0.05, 0) is 42.0 Å². The number of carbonyl (C=O) groups is 1. The lowest BCUT2D eigenvalue weighted by molar-refractivity contribution is 0.236. The lowest BCUT2D eigenvalue weighted by Crippen LogP contribution is -2.40. The second-order valence-corrected chi connectivity index (χ2v) is 10.2. The van der Waals surface area contributed by atoms with Gasteiger partial charge in [-0.25, -0.2) is 4.79 Å². The van der Waals surface area contributed by atoms with E-state index < -0.39 is 0 Å². The van der Waals surface area contributed by atoms with Crippen molar-refractivity contribution in [2.24, 2.45) is 0 Å². The number of aromatic amines is 1. The molecule has 0 radical (unpaired) electrons. The first-order chi connectivity index (χ1) is 19.7. The van der Waals surface area contributed by atoms with Gasteiger partial charge in [0.2, 0.25) is 0 Å². The lowest BCUT2D eigenvalue weighted by Gasteiger charge is -2.20. The van der Waals surface area contributed by atoms with Crippen LogP contribution in [0.3, 0.4) is 0 Å². The Morgan fingerprint density at radius 2 is 1.57 bits per heavy atom. The quantitative estimate of drug-likeness (QED) is 0.158. The van der Waals surface area contributed by atoms with E-state index in [0.717, 1.165) is 66.8 Å². The van der Waals surface area contributed by atoms with E-state index in [9.17, 15) is 4.79 Å². The van der Waals surface area contributed by atoms with Gasteiger partial charge in [0.15, 0.2) is 5.82 Å². The molecule has 40 heavy (non-hydrogen) atoms. The highest BCUT2D eigenvalue weighted by atomic mass is 16.2. The average molecular weight is 535 g/mol. The van der Waals surface area contributed by atoms with Crippen molar-refractivity contribution >= 4 is 16.9 Å². The number of nitrogens with zero attached hydrogens (tertiary/aromatic N) is 3. The molecule has 2 heterocycles. The number of benzene rings is 3. The summed E-state index contributed by atoms with van der Waals surface area (Å²) in [5, 5.41) is 16.8. The van der Waals surface area contributed by atoms with E-state index in [0.29, 0.717) is 13.0 Å². The summed E-state index contributed by atoms with van der Waals surface area (Å²) >= 11 is 0. The number of urea groups is 1. The van der Waals surface area contributed by atoms with Crippen molar-refractivity contribution in [2.45, 2.75) is 58.0 Å². The first-order valence-corrected chi connectivity index (χ1v) is 14.3. The Hall–Kier alpha value is -4.39. The summed E-state index contributed by atoms with van der Waals surface area (Å²) in [5.41, 5.74) is 4.75. The highest BCUT2D eigenvalue weighted by Gasteiger charge is 2.24. The van der Waals surface area contributed by atoms with Crippen LogP contribution in [-0.4, -0.2) is 32.3 Å². The van der Waals surface area contributed by atoms with Gasteiger partial charge in [0.1, 0.15) is 5.82 Å². The molecule has 0 aliphatic rings. The molecule has 0 aliphatic heterocycles. The third-order valence-electron chi connectivity index (χ3n) is 7.33. The molecule has 0 bridgehead atoms. The van der Waals surface area contributed by atoms with Crippen molar-refractivity contribution in [2.75, 3.05) is 6.54 Å². The van der Waals surface area contributed by atoms with Crippen molar-refractivity contribution in [3.8, 4) is 0 Å². The molecule has 206 valence electrons. The number of nitrogens with one attached hydrogen (secondary N) is 3. The number of rotatable bonds is 13. The van der Waals surface area contributed by atoms with Crippen molar-refractivity contribution in [1.82, 2.24) is 30.4 Å². The Morgan fingerprint density at radius 3 is 2.33 bits per heavy atom. The first-order valence-electron chi connectivity index (χ1n) is 14.3. The summed E-state index contributed by atoms with van der Waals surface area (Å²) in [6.45, 7) is 3.50. The van der Waals surface area contributed by atoms with Gasteiger partial charge in [0.25, 0.3) is 0 Å². The van der Waals surface area contributed by atoms with E-state index in [-0.39, 0.29) is 12.1 Å². The molecule has 0 spiro atoms. The van der Waals surface area contributed by atoms with E-state index in [1.54, 1.807) is 0 Å². The second-order valence-electron chi connectivity index (χ2n) is 10.2. The molecule has 0 saturated carbocycles. The van der Waals surface area contributed by atoms with Crippen LogP contribution in [0.15, 0.2) is 91.1 Å². The van der Waals surface area contributed by atoms with Gasteiger partial charge >= 0.3 is 6.03 Å². The molecule has 5 aromatic rings. The van der Waals surface area contributed by atoms with Gasteiger partial charge in [0, 0.05) is 43.0 Å². The molecular weight excluding hydrogens is 496 g/mol. The van der Waals surface area contributed by atoms with Crippen LogP contribution in [0, 0.1) is 0 Å². The minimum absolute atomic E-state index is 0.179. The second kappa shape index (κ2) is 13.6. The third-order valence-corrected chi connectivity index (χ3v) is 7.33. The number of hydrogen-bond acceptors (Lipinski definition) is 3. The van der Waals surface area contributed by atoms with Crippen LogP contribution in [0.25, 0.3) is 10.9 Å². The Kier molecular flexibility index (Phi) is 9.25. The van der Waals surface area contributed by atoms with E-state index in [1.165, 1.54) is 11.1 Å². The standard InChI is InChI=1S/C33H38N6O/c1-2-3-21-34-33(40)36-30(23-27-24-35-29-17-11-10-16-28(27)29)32-38-37-31(19-18-25-12-6-4-7-13-25)39(32)22-20-26-14-8-5-9-15-26/h4-17,24,30,35H,2-3,18-23H2,1H3,(H2,34,36,40)/t30-/m1/s1. The molecule has 0 unspecified atom stereocenters. The van der Waals surface area contributed by atoms with Crippen molar-refractivity contribution < 1.29 is 4.79 Å². The van der Waals surface area contributed by atoms with Gasteiger partial charge < -0.3 is 20.2 Å². The topological polar surface area (TPSA) is 87.6 Å². The van der Waals surface area contributed by atoms with Crippen LogP contribution in [0.1, 0.15) is 54.1 Å². The van der Waals surface area contributed by atoms with Gasteiger partial charge in [-0.2, -0.15) is 0 Å². The van der Waals surface area contributed by atoms with E-state index >= 15 is 0 Å². The monoisotopic (exact) mass is 534 g/mol. The van der Waals surface area contributed by atoms with Crippen LogP contribution in [0.2, 0.25) is 0 Å². The maximum Gasteiger partial charge on any atom is 0.315 e. The van der Waals surface area contributed by atoms with Crippen molar-refractivity contribution in [1.29, 1.82) is 0 Å². The lowest BCUT2D eigenvalue weighted by atomic mass is 10.0. The number of H-pyrrole nitrogens is 1. The zero-order chi connectivity index (χ0) is 27.6. The summed E-state index contributed by atoms with van der Waals surface area (Å²) in [4.78, 5) is 16.4. The zero-order valence-corrected chi connectivity index (χ0v) is 23.1. The smallest absolute Gasteiger partial charge is 0.315 e. The van der Waals surface area contributed by atoms with Crippen molar-refractivity contribution in [3.05, 3.63) is 119 Å². The SMILES string of the molecule is CCCCNC(=O)N[C@H](Cc1c[nH]c2ccccc12)c1nnc(CCc2ccccc2)n1CCc1ccccc1.